The second kappa shape index (κ2) is 6.18. The first kappa shape index (κ1) is 15.6. The molecule has 0 aromatic carbocycles. The van der Waals surface area contributed by atoms with Gasteiger partial charge in [-0.1, -0.05) is 0 Å². The molecule has 1 aliphatic rings. The van der Waals surface area contributed by atoms with Gasteiger partial charge in [0.2, 0.25) is 5.76 Å². The highest BCUT2D eigenvalue weighted by molar-refractivity contribution is 9.10. The first-order chi connectivity index (χ1) is 11.6. The Bertz CT molecular complexity index is 988. The fourth-order valence-corrected chi connectivity index (χ4v) is 4.39. The van der Waals surface area contributed by atoms with Crippen LogP contribution in [0.15, 0.2) is 32.1 Å². The average molecular weight is 409 g/mol. The molecule has 0 spiro atoms. The Hall–Kier alpha value is -1.93. The molecule has 3 aromatic rings. The van der Waals surface area contributed by atoms with Crippen molar-refractivity contribution in [3.8, 4) is 0 Å². The van der Waals surface area contributed by atoms with Gasteiger partial charge in [-0.25, -0.2) is 9.78 Å². The van der Waals surface area contributed by atoms with Crippen LogP contribution in [-0.2, 0) is 24.2 Å². The van der Waals surface area contributed by atoms with Crippen molar-refractivity contribution in [2.75, 3.05) is 0 Å². The van der Waals surface area contributed by atoms with Gasteiger partial charge < -0.3 is 9.15 Å². The molecular formula is C16H13BrN2O4S. The molecule has 0 amide bonds. The molecule has 3 aromatic heterocycles. The number of carbonyl (C=O) groups is 1. The third-order valence-electron chi connectivity index (χ3n) is 3.94. The van der Waals surface area contributed by atoms with E-state index < -0.39 is 5.97 Å². The van der Waals surface area contributed by atoms with Crippen LogP contribution in [0.25, 0.3) is 4.96 Å². The van der Waals surface area contributed by atoms with Crippen LogP contribution in [0.4, 0.5) is 0 Å². The third kappa shape index (κ3) is 2.80. The van der Waals surface area contributed by atoms with E-state index in [-0.39, 0.29) is 17.9 Å². The van der Waals surface area contributed by atoms with Crippen molar-refractivity contribution < 1.29 is 13.9 Å². The van der Waals surface area contributed by atoms with Crippen LogP contribution in [0.3, 0.4) is 0 Å². The van der Waals surface area contributed by atoms with E-state index >= 15 is 0 Å². The summed E-state index contributed by atoms with van der Waals surface area (Å²) in [5.74, 6) is -0.487. The highest BCUT2D eigenvalue weighted by atomic mass is 79.9. The van der Waals surface area contributed by atoms with Crippen LogP contribution in [0.2, 0.25) is 0 Å². The van der Waals surface area contributed by atoms with E-state index in [1.807, 2.05) is 0 Å². The summed E-state index contributed by atoms with van der Waals surface area (Å²) < 4.78 is 12.5. The predicted molar refractivity (Wildman–Crippen MR) is 91.5 cm³/mol. The van der Waals surface area contributed by atoms with Gasteiger partial charge in [-0.15, -0.1) is 11.3 Å². The van der Waals surface area contributed by atoms with E-state index in [0.29, 0.717) is 15.3 Å². The second-order valence-corrected chi connectivity index (χ2v) is 7.41. The first-order valence-corrected chi connectivity index (χ1v) is 9.18. The lowest BCUT2D eigenvalue weighted by Crippen LogP contribution is -2.18. The van der Waals surface area contributed by atoms with Crippen molar-refractivity contribution in [2.45, 2.75) is 32.3 Å². The summed E-state index contributed by atoms with van der Waals surface area (Å²) in [6, 6.07) is 4.56. The lowest BCUT2D eigenvalue weighted by atomic mass is 10.0. The fraction of sp³-hybridized carbons (Fsp3) is 0.312. The van der Waals surface area contributed by atoms with Gasteiger partial charge in [-0.3, -0.25) is 9.20 Å². The second-order valence-electron chi connectivity index (χ2n) is 5.56. The Kier molecular flexibility index (Phi) is 4.01. The van der Waals surface area contributed by atoms with Gasteiger partial charge in [0, 0.05) is 16.6 Å². The molecule has 124 valence electrons. The largest absolute Gasteiger partial charge is 0.453 e. The Morgan fingerprint density at radius 2 is 2.21 bits per heavy atom. The maximum absolute atomic E-state index is 12.4. The van der Waals surface area contributed by atoms with E-state index in [0.717, 1.165) is 31.4 Å². The summed E-state index contributed by atoms with van der Waals surface area (Å²) in [5.41, 5.74) is 1.41. The molecule has 1 aliphatic carbocycles. The van der Waals surface area contributed by atoms with Gasteiger partial charge in [0.15, 0.2) is 9.63 Å². The smallest absolute Gasteiger partial charge is 0.374 e. The molecule has 0 saturated carbocycles. The molecule has 3 heterocycles. The SMILES string of the molecule is O=C(OCc1cc(=O)n2c3c(sc2n1)CCCC3)c1ccc(Br)o1. The number of rotatable bonds is 3. The molecule has 0 saturated heterocycles. The Morgan fingerprint density at radius 3 is 3.00 bits per heavy atom. The molecule has 0 bridgehead atoms. The highest BCUT2D eigenvalue weighted by Gasteiger charge is 2.19. The molecule has 0 unspecified atom stereocenters. The minimum Gasteiger partial charge on any atom is -0.453 e. The van der Waals surface area contributed by atoms with Crippen molar-refractivity contribution in [3.05, 3.63) is 55.2 Å². The van der Waals surface area contributed by atoms with Gasteiger partial charge in [0.25, 0.3) is 5.56 Å². The quantitative estimate of drug-likeness (QED) is 0.621. The zero-order chi connectivity index (χ0) is 16.7. The zero-order valence-corrected chi connectivity index (χ0v) is 15.0. The number of hydrogen-bond acceptors (Lipinski definition) is 6. The molecule has 0 radical (unpaired) electrons. The number of hydrogen-bond donors (Lipinski definition) is 0. The first-order valence-electron chi connectivity index (χ1n) is 7.57. The number of aromatic nitrogens is 2. The summed E-state index contributed by atoms with van der Waals surface area (Å²) in [7, 11) is 0. The number of ether oxygens (including phenoxy) is 1. The van der Waals surface area contributed by atoms with Crippen molar-refractivity contribution in [1.82, 2.24) is 9.38 Å². The van der Waals surface area contributed by atoms with Crippen LogP contribution < -0.4 is 5.56 Å². The summed E-state index contributed by atoms with van der Waals surface area (Å²) in [4.78, 5) is 30.7. The molecule has 0 aliphatic heterocycles. The summed E-state index contributed by atoms with van der Waals surface area (Å²) >= 11 is 4.68. The third-order valence-corrected chi connectivity index (χ3v) is 5.51. The van der Waals surface area contributed by atoms with Crippen LogP contribution in [-0.4, -0.2) is 15.4 Å². The molecular weight excluding hydrogens is 396 g/mol. The molecule has 24 heavy (non-hydrogen) atoms. The average Bonchev–Trinajstić information content (AvgIpc) is 3.16. The van der Waals surface area contributed by atoms with E-state index in [2.05, 4.69) is 20.9 Å². The van der Waals surface area contributed by atoms with Gasteiger partial charge >= 0.3 is 5.97 Å². The minimum absolute atomic E-state index is 0.0640. The van der Waals surface area contributed by atoms with E-state index in [4.69, 9.17) is 9.15 Å². The molecule has 0 N–H and O–H groups in total. The molecule has 0 fully saturated rings. The topological polar surface area (TPSA) is 73.8 Å². The van der Waals surface area contributed by atoms with Crippen molar-refractivity contribution >= 4 is 38.2 Å². The monoisotopic (exact) mass is 408 g/mol. The zero-order valence-electron chi connectivity index (χ0n) is 12.6. The lowest BCUT2D eigenvalue weighted by Gasteiger charge is -2.10. The van der Waals surface area contributed by atoms with Crippen molar-refractivity contribution in [1.29, 1.82) is 0 Å². The van der Waals surface area contributed by atoms with E-state index in [1.54, 1.807) is 21.8 Å². The van der Waals surface area contributed by atoms with Crippen LogP contribution in [0.5, 0.6) is 0 Å². The summed E-state index contributed by atoms with van der Waals surface area (Å²) in [6.07, 6.45) is 4.17. The standard InChI is InChI=1S/C16H13BrN2O4S/c17-13-6-5-11(23-13)15(21)22-8-9-7-14(20)19-10-3-1-2-4-12(10)24-16(19)18-9/h5-7H,1-4,8H2. The van der Waals surface area contributed by atoms with Gasteiger partial charge in [0.05, 0.1) is 5.69 Å². The van der Waals surface area contributed by atoms with Crippen molar-refractivity contribution in [2.24, 2.45) is 0 Å². The fourth-order valence-electron chi connectivity index (χ4n) is 2.85. The van der Waals surface area contributed by atoms with E-state index in [1.165, 1.54) is 17.0 Å². The van der Waals surface area contributed by atoms with E-state index in [9.17, 15) is 9.59 Å². The van der Waals surface area contributed by atoms with Crippen LogP contribution in [0.1, 0.15) is 39.7 Å². The van der Waals surface area contributed by atoms with Crippen LogP contribution >= 0.6 is 27.3 Å². The highest BCUT2D eigenvalue weighted by Crippen LogP contribution is 2.28. The van der Waals surface area contributed by atoms with Crippen molar-refractivity contribution in [3.63, 3.8) is 0 Å². The number of thiazole rings is 1. The Balaban J connectivity index is 1.59. The molecule has 4 rings (SSSR count). The molecule has 0 atom stereocenters. The number of carbonyl (C=O) groups excluding carboxylic acids is 1. The Morgan fingerprint density at radius 1 is 1.38 bits per heavy atom. The number of nitrogens with zero attached hydrogens (tertiary/aromatic N) is 2. The van der Waals surface area contributed by atoms with Gasteiger partial charge in [0.1, 0.15) is 6.61 Å². The minimum atomic E-state index is -0.590. The van der Waals surface area contributed by atoms with Crippen LogP contribution in [0, 0.1) is 0 Å². The molecule has 6 nitrogen and oxygen atoms in total. The summed E-state index contributed by atoms with van der Waals surface area (Å²) in [5, 5.41) is 0. The normalized spacial score (nSPS) is 13.9. The Labute approximate surface area is 149 Å². The predicted octanol–water partition coefficient (Wildman–Crippen LogP) is 3.35. The van der Waals surface area contributed by atoms with Gasteiger partial charge in [-0.05, 0) is 53.7 Å². The maximum atomic E-state index is 12.4. The lowest BCUT2D eigenvalue weighted by molar-refractivity contribution is 0.0429. The number of halogens is 1. The maximum Gasteiger partial charge on any atom is 0.374 e. The number of aryl methyl sites for hydroxylation is 2. The van der Waals surface area contributed by atoms with Gasteiger partial charge in [-0.2, -0.15) is 0 Å². The number of esters is 1. The number of furan rings is 1. The molecule has 8 heteroatoms. The summed E-state index contributed by atoms with van der Waals surface area (Å²) in [6.45, 7) is -0.0640. The number of fused-ring (bicyclic) bond motifs is 3.